The van der Waals surface area contributed by atoms with Crippen LogP contribution in [0.15, 0.2) is 18.2 Å². The van der Waals surface area contributed by atoms with Crippen molar-refractivity contribution < 1.29 is 27.8 Å². The van der Waals surface area contributed by atoms with Crippen molar-refractivity contribution in [3.8, 4) is 17.6 Å². The first-order chi connectivity index (χ1) is 8.33. The van der Waals surface area contributed by atoms with Gasteiger partial charge < -0.3 is 9.84 Å². The summed E-state index contributed by atoms with van der Waals surface area (Å²) in [6.45, 7) is 0. The van der Waals surface area contributed by atoms with E-state index in [1.165, 1.54) is 6.07 Å². The number of halogens is 4. The van der Waals surface area contributed by atoms with Crippen LogP contribution >= 0.6 is 15.9 Å². The third kappa shape index (κ3) is 4.30. The number of hydrogen-bond donors (Lipinski definition) is 1. The van der Waals surface area contributed by atoms with Crippen molar-refractivity contribution in [3.05, 3.63) is 29.3 Å². The van der Waals surface area contributed by atoms with Gasteiger partial charge in [-0.3, -0.25) is 0 Å². The van der Waals surface area contributed by atoms with E-state index in [0.29, 0.717) is 5.33 Å². The van der Waals surface area contributed by atoms with Gasteiger partial charge in [0.15, 0.2) is 0 Å². The highest BCUT2D eigenvalue weighted by Crippen LogP contribution is 2.27. The molecule has 1 aromatic carbocycles. The van der Waals surface area contributed by atoms with Gasteiger partial charge in [-0.1, -0.05) is 27.8 Å². The number of benzene rings is 1. The van der Waals surface area contributed by atoms with Gasteiger partial charge in [0.05, 0.1) is 5.33 Å². The Balaban J connectivity index is 3.20. The van der Waals surface area contributed by atoms with Crippen LogP contribution in [-0.2, 0) is 0 Å². The molecule has 0 amide bonds. The molecule has 0 heterocycles. The Morgan fingerprint density at radius 3 is 2.61 bits per heavy atom. The summed E-state index contributed by atoms with van der Waals surface area (Å²) in [5, 5.41) is 9.09. The molecule has 0 unspecified atom stereocenters. The molecule has 0 atom stereocenters. The van der Waals surface area contributed by atoms with E-state index in [4.69, 9.17) is 5.11 Å². The van der Waals surface area contributed by atoms with Gasteiger partial charge in [0, 0.05) is 5.56 Å². The SMILES string of the molecule is O=C(O)c1ccc(C#CCBr)cc1OC(F)(F)F. The average Bonchev–Trinajstić information content (AvgIpc) is 2.23. The van der Waals surface area contributed by atoms with Gasteiger partial charge in [0.1, 0.15) is 11.3 Å². The number of hydrogen-bond acceptors (Lipinski definition) is 2. The molecule has 0 bridgehead atoms. The van der Waals surface area contributed by atoms with E-state index >= 15 is 0 Å². The van der Waals surface area contributed by atoms with Gasteiger partial charge in [-0.25, -0.2) is 4.79 Å². The van der Waals surface area contributed by atoms with Crippen molar-refractivity contribution in [2.45, 2.75) is 6.36 Å². The Labute approximate surface area is 109 Å². The smallest absolute Gasteiger partial charge is 0.478 e. The molecule has 0 aliphatic rings. The molecule has 1 rings (SSSR count). The number of carbonyl (C=O) groups is 1. The third-order valence-electron chi connectivity index (χ3n) is 1.74. The van der Waals surface area contributed by atoms with Crippen LogP contribution < -0.4 is 4.74 Å². The van der Waals surface area contributed by atoms with Gasteiger partial charge >= 0.3 is 12.3 Å². The first-order valence-electron chi connectivity index (χ1n) is 4.51. The van der Waals surface area contributed by atoms with E-state index in [2.05, 4.69) is 32.5 Å². The first kappa shape index (κ1) is 14.4. The van der Waals surface area contributed by atoms with Crippen molar-refractivity contribution in [3.63, 3.8) is 0 Å². The van der Waals surface area contributed by atoms with Crippen molar-refractivity contribution in [1.29, 1.82) is 0 Å². The minimum Gasteiger partial charge on any atom is -0.478 e. The number of aromatic carboxylic acids is 1. The average molecular weight is 323 g/mol. The molecule has 96 valence electrons. The third-order valence-corrected chi connectivity index (χ3v) is 2.02. The topological polar surface area (TPSA) is 46.5 Å². The lowest BCUT2D eigenvalue weighted by molar-refractivity contribution is -0.274. The van der Waals surface area contributed by atoms with E-state index in [1.54, 1.807) is 0 Å². The summed E-state index contributed by atoms with van der Waals surface area (Å²) in [6, 6.07) is 3.26. The van der Waals surface area contributed by atoms with E-state index in [-0.39, 0.29) is 5.56 Å². The Hall–Kier alpha value is -1.68. The van der Waals surface area contributed by atoms with Gasteiger partial charge in [-0.2, -0.15) is 0 Å². The fraction of sp³-hybridized carbons (Fsp3) is 0.182. The summed E-state index contributed by atoms with van der Waals surface area (Å²) in [4.78, 5) is 10.7. The molecule has 0 radical (unpaired) electrons. The maximum absolute atomic E-state index is 12.1. The molecule has 0 fully saturated rings. The number of ether oxygens (including phenoxy) is 1. The molecular formula is C11H6BrF3O3. The van der Waals surface area contributed by atoms with Crippen LogP contribution in [0.1, 0.15) is 15.9 Å². The summed E-state index contributed by atoms with van der Waals surface area (Å²) >= 11 is 3.03. The largest absolute Gasteiger partial charge is 0.573 e. The number of carboxylic acid groups (broad SMARTS) is 1. The van der Waals surface area contributed by atoms with E-state index < -0.39 is 23.6 Å². The zero-order chi connectivity index (χ0) is 13.8. The fourth-order valence-corrected chi connectivity index (χ4v) is 1.26. The van der Waals surface area contributed by atoms with Crippen molar-refractivity contribution in [2.75, 3.05) is 5.33 Å². The van der Waals surface area contributed by atoms with Crippen LogP contribution in [0.4, 0.5) is 13.2 Å². The summed E-state index contributed by atoms with van der Waals surface area (Å²) in [7, 11) is 0. The molecular weight excluding hydrogens is 317 g/mol. The molecule has 0 spiro atoms. The van der Waals surface area contributed by atoms with Crippen molar-refractivity contribution >= 4 is 21.9 Å². The van der Waals surface area contributed by atoms with Gasteiger partial charge in [-0.15, -0.1) is 13.2 Å². The minimum atomic E-state index is -4.95. The van der Waals surface area contributed by atoms with E-state index in [9.17, 15) is 18.0 Å². The maximum Gasteiger partial charge on any atom is 0.573 e. The summed E-state index contributed by atoms with van der Waals surface area (Å²) in [5.74, 6) is 2.85. The van der Waals surface area contributed by atoms with E-state index in [1.807, 2.05) is 0 Å². The second-order valence-electron chi connectivity index (χ2n) is 3.00. The van der Waals surface area contributed by atoms with Gasteiger partial charge in [-0.05, 0) is 18.2 Å². The zero-order valence-electron chi connectivity index (χ0n) is 8.71. The molecule has 0 aliphatic heterocycles. The Morgan fingerprint density at radius 2 is 2.11 bits per heavy atom. The second-order valence-corrected chi connectivity index (χ2v) is 3.56. The standard InChI is InChI=1S/C11H6BrF3O3/c12-5-1-2-7-3-4-8(10(16)17)9(6-7)18-11(13,14)15/h3-4,6H,5H2,(H,16,17). The Morgan fingerprint density at radius 1 is 1.44 bits per heavy atom. The van der Waals surface area contributed by atoms with Gasteiger partial charge in [0.25, 0.3) is 0 Å². The lowest BCUT2D eigenvalue weighted by atomic mass is 10.1. The predicted octanol–water partition coefficient (Wildman–Crippen LogP) is 3.03. The molecule has 0 aromatic heterocycles. The predicted molar refractivity (Wildman–Crippen MR) is 60.8 cm³/mol. The summed E-state index contributed by atoms with van der Waals surface area (Å²) in [6.07, 6.45) is -4.95. The highest BCUT2D eigenvalue weighted by molar-refractivity contribution is 9.09. The maximum atomic E-state index is 12.1. The highest BCUT2D eigenvalue weighted by atomic mass is 79.9. The summed E-state index contributed by atoms with van der Waals surface area (Å²) < 4.78 is 40.0. The number of alkyl halides is 4. The highest BCUT2D eigenvalue weighted by Gasteiger charge is 2.33. The molecule has 1 aromatic rings. The van der Waals surface area contributed by atoms with E-state index in [0.717, 1.165) is 12.1 Å². The monoisotopic (exact) mass is 322 g/mol. The number of rotatable bonds is 2. The molecule has 7 heteroatoms. The molecule has 1 N–H and O–H groups in total. The van der Waals surface area contributed by atoms with Crippen LogP contribution in [0.2, 0.25) is 0 Å². The quantitative estimate of drug-likeness (QED) is 0.672. The lowest BCUT2D eigenvalue weighted by Gasteiger charge is -2.11. The molecule has 0 saturated carbocycles. The molecule has 0 aliphatic carbocycles. The Bertz CT molecular complexity index is 514. The van der Waals surface area contributed by atoms with Gasteiger partial charge in [0.2, 0.25) is 0 Å². The fourth-order valence-electron chi connectivity index (χ4n) is 1.12. The van der Waals surface area contributed by atoms with Crippen LogP contribution in [0, 0.1) is 11.8 Å². The molecule has 3 nitrogen and oxygen atoms in total. The van der Waals surface area contributed by atoms with Crippen LogP contribution in [0.25, 0.3) is 0 Å². The van der Waals surface area contributed by atoms with Crippen LogP contribution in [-0.4, -0.2) is 22.8 Å². The van der Waals surface area contributed by atoms with Crippen LogP contribution in [0.5, 0.6) is 5.75 Å². The molecule has 18 heavy (non-hydrogen) atoms. The van der Waals surface area contributed by atoms with Crippen molar-refractivity contribution in [1.82, 2.24) is 0 Å². The first-order valence-corrected chi connectivity index (χ1v) is 5.63. The normalized spacial score (nSPS) is 10.4. The second kappa shape index (κ2) is 5.78. The lowest BCUT2D eigenvalue weighted by Crippen LogP contribution is -2.19. The molecule has 0 saturated heterocycles. The van der Waals surface area contributed by atoms with Crippen molar-refractivity contribution in [2.24, 2.45) is 0 Å². The minimum absolute atomic E-state index is 0.235. The summed E-state index contributed by atoms with van der Waals surface area (Å²) in [5.41, 5.74) is -0.338. The Kier molecular flexibility index (Phi) is 4.62. The number of carboxylic acids is 1. The zero-order valence-corrected chi connectivity index (χ0v) is 10.3. The van der Waals surface area contributed by atoms with Crippen LogP contribution in [0.3, 0.4) is 0 Å².